The topological polar surface area (TPSA) is 69.7 Å². The van der Waals surface area contributed by atoms with Gasteiger partial charge in [-0.1, -0.05) is 24.3 Å². The van der Waals surface area contributed by atoms with Crippen molar-refractivity contribution in [2.24, 2.45) is 0 Å². The van der Waals surface area contributed by atoms with Gasteiger partial charge in [-0.2, -0.15) is 0 Å². The normalized spacial score (nSPS) is 10.8. The average molecular weight is 439 g/mol. The molecule has 162 valence electrons. The lowest BCUT2D eigenvalue weighted by Crippen LogP contribution is -2.23. The van der Waals surface area contributed by atoms with Crippen LogP contribution >= 0.6 is 11.3 Å². The molecular formula is C24H26N2O4S. The number of thiazole rings is 1. The number of benzene rings is 2. The number of nitrogens with one attached hydrogen (secondary N) is 1. The first-order valence-electron chi connectivity index (χ1n) is 9.88. The number of methoxy groups -OCH3 is 2. The first kappa shape index (κ1) is 22.4. The summed E-state index contributed by atoms with van der Waals surface area (Å²) in [5, 5.41) is 5.90. The Hall–Kier alpha value is -3.32. The number of amides is 1. The molecule has 0 spiro atoms. The minimum atomic E-state index is -0.162. The fourth-order valence-electron chi connectivity index (χ4n) is 2.97. The van der Waals surface area contributed by atoms with Gasteiger partial charge in [0.15, 0.2) is 11.5 Å². The molecule has 0 radical (unpaired) electrons. The molecule has 0 bridgehead atoms. The summed E-state index contributed by atoms with van der Waals surface area (Å²) in [7, 11) is 3.21. The van der Waals surface area contributed by atoms with Crippen LogP contribution in [0.3, 0.4) is 0 Å². The minimum absolute atomic E-state index is 0.162. The molecular weight excluding hydrogens is 412 g/mol. The largest absolute Gasteiger partial charge is 0.493 e. The van der Waals surface area contributed by atoms with Crippen molar-refractivity contribution in [2.45, 2.75) is 20.0 Å². The van der Waals surface area contributed by atoms with Gasteiger partial charge in [0.05, 0.1) is 24.9 Å². The molecule has 0 saturated heterocycles. The number of hydrogen-bond donors (Lipinski definition) is 1. The Balaban J connectivity index is 1.52. The molecule has 3 rings (SSSR count). The predicted molar refractivity (Wildman–Crippen MR) is 123 cm³/mol. The minimum Gasteiger partial charge on any atom is -0.493 e. The van der Waals surface area contributed by atoms with E-state index in [0.717, 1.165) is 21.8 Å². The van der Waals surface area contributed by atoms with Crippen LogP contribution in [0.15, 0.2) is 53.9 Å². The van der Waals surface area contributed by atoms with Crippen molar-refractivity contribution in [2.75, 3.05) is 20.8 Å². The van der Waals surface area contributed by atoms with Gasteiger partial charge < -0.3 is 19.5 Å². The zero-order valence-electron chi connectivity index (χ0n) is 17.9. The smallest absolute Gasteiger partial charge is 0.244 e. The van der Waals surface area contributed by atoms with E-state index in [0.29, 0.717) is 36.8 Å². The molecule has 2 aromatic carbocycles. The van der Waals surface area contributed by atoms with Gasteiger partial charge in [-0.25, -0.2) is 4.98 Å². The Morgan fingerprint density at radius 2 is 1.90 bits per heavy atom. The number of aromatic nitrogens is 1. The highest BCUT2D eigenvalue weighted by molar-refractivity contribution is 7.09. The number of carbonyl (C=O) groups is 1. The molecule has 3 aromatic rings. The Labute approximate surface area is 186 Å². The second kappa shape index (κ2) is 11.2. The molecule has 0 atom stereocenters. The summed E-state index contributed by atoms with van der Waals surface area (Å²) in [6, 6.07) is 13.3. The number of ether oxygens (including phenoxy) is 3. The third-order valence-corrected chi connectivity index (χ3v) is 5.36. The lowest BCUT2D eigenvalue weighted by Gasteiger charge is -2.10. The van der Waals surface area contributed by atoms with E-state index in [4.69, 9.17) is 14.2 Å². The summed E-state index contributed by atoms with van der Waals surface area (Å²) in [6.07, 6.45) is 3.96. The van der Waals surface area contributed by atoms with Crippen molar-refractivity contribution < 1.29 is 19.0 Å². The Morgan fingerprint density at radius 3 is 2.65 bits per heavy atom. The van der Waals surface area contributed by atoms with Crippen LogP contribution in [0, 0.1) is 6.92 Å². The molecule has 0 fully saturated rings. The number of carbonyl (C=O) groups excluding carboxylic acids is 1. The quantitative estimate of drug-likeness (QED) is 0.475. The van der Waals surface area contributed by atoms with Crippen molar-refractivity contribution >= 4 is 23.3 Å². The molecule has 1 amide bonds. The summed E-state index contributed by atoms with van der Waals surface area (Å²) in [4.78, 5) is 16.6. The molecule has 0 unspecified atom stereocenters. The average Bonchev–Trinajstić information content (AvgIpc) is 3.21. The summed E-state index contributed by atoms with van der Waals surface area (Å²) >= 11 is 1.60. The Kier molecular flexibility index (Phi) is 8.06. The van der Waals surface area contributed by atoms with Crippen molar-refractivity contribution in [1.82, 2.24) is 10.3 Å². The lowest BCUT2D eigenvalue weighted by atomic mass is 10.1. The summed E-state index contributed by atoms with van der Waals surface area (Å²) in [6.45, 7) is 2.88. The highest BCUT2D eigenvalue weighted by atomic mass is 32.1. The molecule has 0 saturated carbocycles. The summed E-state index contributed by atoms with van der Waals surface area (Å²) in [5.41, 5.74) is 2.79. The number of aryl methyl sites for hydroxylation is 1. The fraction of sp³-hybridized carbons (Fsp3) is 0.250. The fourth-order valence-corrected chi connectivity index (χ4v) is 3.56. The molecule has 6 nitrogen and oxygen atoms in total. The van der Waals surface area contributed by atoms with Crippen LogP contribution in [-0.4, -0.2) is 31.7 Å². The van der Waals surface area contributed by atoms with Crippen LogP contribution in [0.2, 0.25) is 0 Å². The molecule has 7 heteroatoms. The second-order valence-electron chi connectivity index (χ2n) is 6.75. The highest BCUT2D eigenvalue weighted by Gasteiger charge is 2.06. The second-order valence-corrected chi connectivity index (χ2v) is 7.81. The maximum Gasteiger partial charge on any atom is 0.244 e. The molecule has 0 aliphatic carbocycles. The van der Waals surface area contributed by atoms with E-state index in [-0.39, 0.29) is 5.91 Å². The molecule has 0 aliphatic heterocycles. The third-order valence-electron chi connectivity index (χ3n) is 4.54. The van der Waals surface area contributed by atoms with E-state index in [1.807, 2.05) is 54.8 Å². The maximum atomic E-state index is 12.2. The van der Waals surface area contributed by atoms with Gasteiger partial charge >= 0.3 is 0 Å². The van der Waals surface area contributed by atoms with E-state index >= 15 is 0 Å². The van der Waals surface area contributed by atoms with E-state index < -0.39 is 0 Å². The SMILES string of the molecule is COc1ccc(CCNC(=O)/C=C/c2ccccc2OCc2csc(C)n2)cc1OC. The third kappa shape index (κ3) is 6.58. The lowest BCUT2D eigenvalue weighted by molar-refractivity contribution is -0.116. The number of rotatable bonds is 10. The molecule has 1 heterocycles. The summed E-state index contributed by atoms with van der Waals surface area (Å²) < 4.78 is 16.4. The first-order chi connectivity index (χ1) is 15.1. The van der Waals surface area contributed by atoms with Gasteiger partial charge in [0.25, 0.3) is 0 Å². The van der Waals surface area contributed by atoms with Crippen LogP contribution in [0.5, 0.6) is 17.2 Å². The molecule has 31 heavy (non-hydrogen) atoms. The van der Waals surface area contributed by atoms with Crippen LogP contribution in [0.25, 0.3) is 6.08 Å². The van der Waals surface area contributed by atoms with Gasteiger partial charge in [0.1, 0.15) is 12.4 Å². The van der Waals surface area contributed by atoms with Gasteiger partial charge in [0.2, 0.25) is 5.91 Å². The Morgan fingerprint density at radius 1 is 1.10 bits per heavy atom. The summed E-state index contributed by atoms with van der Waals surface area (Å²) in [5.74, 6) is 1.91. The zero-order chi connectivity index (χ0) is 22.1. The van der Waals surface area contributed by atoms with Gasteiger partial charge in [-0.05, 0) is 43.2 Å². The van der Waals surface area contributed by atoms with E-state index in [1.165, 1.54) is 6.08 Å². The van der Waals surface area contributed by atoms with Crippen LogP contribution in [0.4, 0.5) is 0 Å². The van der Waals surface area contributed by atoms with Crippen molar-refractivity contribution in [3.05, 3.63) is 75.7 Å². The Bertz CT molecular complexity index is 1050. The van der Waals surface area contributed by atoms with Crippen LogP contribution in [-0.2, 0) is 17.8 Å². The maximum absolute atomic E-state index is 12.2. The molecule has 1 N–H and O–H groups in total. The number of para-hydroxylation sites is 1. The van der Waals surface area contributed by atoms with Crippen molar-refractivity contribution in [3.63, 3.8) is 0 Å². The van der Waals surface area contributed by atoms with Crippen LogP contribution < -0.4 is 19.5 Å². The van der Waals surface area contributed by atoms with Gasteiger partial charge in [-0.3, -0.25) is 4.79 Å². The van der Waals surface area contributed by atoms with E-state index in [9.17, 15) is 4.79 Å². The van der Waals surface area contributed by atoms with E-state index in [2.05, 4.69) is 10.3 Å². The van der Waals surface area contributed by atoms with Crippen molar-refractivity contribution in [1.29, 1.82) is 0 Å². The predicted octanol–water partition coefficient (Wildman–Crippen LogP) is 4.42. The monoisotopic (exact) mass is 438 g/mol. The van der Waals surface area contributed by atoms with Gasteiger partial charge in [0, 0.05) is 23.6 Å². The number of hydrogen-bond acceptors (Lipinski definition) is 6. The van der Waals surface area contributed by atoms with Gasteiger partial charge in [-0.15, -0.1) is 11.3 Å². The van der Waals surface area contributed by atoms with Crippen LogP contribution in [0.1, 0.15) is 21.8 Å². The standard InChI is InChI=1S/C24H26N2O4S/c1-17-26-20(16-31-17)15-30-21-7-5-4-6-19(21)9-11-24(27)25-13-12-18-8-10-22(28-2)23(14-18)29-3/h4-11,14,16H,12-13,15H2,1-3H3,(H,25,27)/b11-9+. The highest BCUT2D eigenvalue weighted by Crippen LogP contribution is 2.27. The first-order valence-corrected chi connectivity index (χ1v) is 10.8. The number of nitrogens with zero attached hydrogens (tertiary/aromatic N) is 1. The van der Waals surface area contributed by atoms with E-state index in [1.54, 1.807) is 31.6 Å². The van der Waals surface area contributed by atoms with Crippen molar-refractivity contribution in [3.8, 4) is 17.2 Å². The molecule has 0 aliphatic rings. The zero-order valence-corrected chi connectivity index (χ0v) is 18.7. The molecule has 1 aromatic heterocycles.